The molecule has 2 N–H and O–H groups in total. The molecule has 0 saturated heterocycles. The minimum atomic E-state index is -0.391. The second-order valence-electron chi connectivity index (χ2n) is 4.34. The van der Waals surface area contributed by atoms with E-state index in [0.717, 1.165) is 11.3 Å². The number of carbonyl (C=O) groups excluding carboxylic acids is 1. The summed E-state index contributed by atoms with van der Waals surface area (Å²) in [6.45, 7) is 1.80. The third-order valence-corrected chi connectivity index (χ3v) is 3.32. The van der Waals surface area contributed by atoms with Crippen LogP contribution in [0.5, 0.6) is 5.75 Å². The summed E-state index contributed by atoms with van der Waals surface area (Å²) in [5.41, 5.74) is 2.08. The average Bonchev–Trinajstić information content (AvgIpc) is 2.45. The van der Waals surface area contributed by atoms with Crippen LogP contribution in [0.3, 0.4) is 0 Å². The van der Waals surface area contributed by atoms with Gasteiger partial charge in [0.1, 0.15) is 5.75 Å². The Hall–Kier alpha value is -2.08. The number of hydrogen-bond donors (Lipinski definition) is 2. The molecule has 0 unspecified atom stereocenters. The second-order valence-corrected chi connectivity index (χ2v) is 4.75. The molecular formula is C14H16N2O3S. The molecule has 0 radical (unpaired) electrons. The van der Waals surface area contributed by atoms with E-state index in [-0.39, 0.29) is 6.04 Å². The van der Waals surface area contributed by atoms with Crippen LogP contribution in [0.1, 0.15) is 18.5 Å². The lowest BCUT2D eigenvalue weighted by Crippen LogP contribution is -2.45. The summed E-state index contributed by atoms with van der Waals surface area (Å²) in [5, 5.41) is 6.50. The standard InChI is InChI=1S/C14H16N2O3S/c1-8-11(13(17)19-3)12(16-14(20)15-8)9-5-4-6-10(7-9)18-2/h4-7,12H,1-3H3,(H2,15,16,20)/t12-/m0/s1. The van der Waals surface area contributed by atoms with Crippen LogP contribution in [0.25, 0.3) is 0 Å². The van der Waals surface area contributed by atoms with Crippen LogP contribution in [0.15, 0.2) is 35.5 Å². The molecule has 0 spiro atoms. The molecule has 1 aliphatic rings. The first-order valence-electron chi connectivity index (χ1n) is 6.07. The normalized spacial score (nSPS) is 18.1. The number of allylic oxidation sites excluding steroid dienone is 1. The van der Waals surface area contributed by atoms with Crippen LogP contribution in [0.2, 0.25) is 0 Å². The van der Waals surface area contributed by atoms with Crippen LogP contribution in [-0.2, 0) is 9.53 Å². The predicted molar refractivity (Wildman–Crippen MR) is 79.3 cm³/mol. The lowest BCUT2D eigenvalue weighted by atomic mass is 9.95. The van der Waals surface area contributed by atoms with Gasteiger partial charge in [0.15, 0.2) is 5.11 Å². The summed E-state index contributed by atoms with van der Waals surface area (Å²) >= 11 is 5.16. The molecule has 106 valence electrons. The Morgan fingerprint density at radius 1 is 1.35 bits per heavy atom. The van der Waals surface area contributed by atoms with E-state index >= 15 is 0 Å². The number of thiocarbonyl (C=S) groups is 1. The van der Waals surface area contributed by atoms with Gasteiger partial charge in [-0.3, -0.25) is 0 Å². The van der Waals surface area contributed by atoms with Crippen LogP contribution in [0, 0.1) is 0 Å². The predicted octanol–water partition coefficient (Wildman–Crippen LogP) is 1.66. The number of carbonyl (C=O) groups is 1. The van der Waals surface area contributed by atoms with Crippen molar-refractivity contribution < 1.29 is 14.3 Å². The monoisotopic (exact) mass is 292 g/mol. The Labute approximate surface area is 123 Å². The Bertz CT molecular complexity index is 584. The van der Waals surface area contributed by atoms with Gasteiger partial charge < -0.3 is 20.1 Å². The fourth-order valence-corrected chi connectivity index (χ4v) is 2.42. The first kappa shape index (κ1) is 14.3. The molecule has 1 aromatic rings. The van der Waals surface area contributed by atoms with Crippen molar-refractivity contribution >= 4 is 23.3 Å². The van der Waals surface area contributed by atoms with Crippen molar-refractivity contribution in [2.45, 2.75) is 13.0 Å². The van der Waals surface area contributed by atoms with Gasteiger partial charge in [-0.05, 0) is 36.8 Å². The minimum absolute atomic E-state index is 0.355. The number of benzene rings is 1. The number of methoxy groups -OCH3 is 2. The zero-order chi connectivity index (χ0) is 14.7. The molecule has 5 nitrogen and oxygen atoms in total. The molecule has 1 aromatic carbocycles. The van der Waals surface area contributed by atoms with Crippen molar-refractivity contribution in [1.29, 1.82) is 0 Å². The largest absolute Gasteiger partial charge is 0.497 e. The summed E-state index contributed by atoms with van der Waals surface area (Å²) in [7, 11) is 2.96. The van der Waals surface area contributed by atoms with E-state index in [9.17, 15) is 4.79 Å². The SMILES string of the molecule is COC(=O)C1=C(C)NC(=S)N[C@H]1c1cccc(OC)c1. The van der Waals surface area contributed by atoms with Crippen molar-refractivity contribution in [2.24, 2.45) is 0 Å². The van der Waals surface area contributed by atoms with E-state index in [4.69, 9.17) is 21.7 Å². The van der Waals surface area contributed by atoms with E-state index in [1.807, 2.05) is 24.3 Å². The first-order chi connectivity index (χ1) is 9.56. The van der Waals surface area contributed by atoms with Crippen LogP contribution < -0.4 is 15.4 Å². The molecule has 20 heavy (non-hydrogen) atoms. The van der Waals surface area contributed by atoms with Crippen LogP contribution in [-0.4, -0.2) is 25.3 Å². The maximum atomic E-state index is 12.0. The second kappa shape index (κ2) is 5.92. The van der Waals surface area contributed by atoms with E-state index in [2.05, 4.69) is 10.6 Å². The summed E-state index contributed by atoms with van der Waals surface area (Å²) in [4.78, 5) is 12.0. The molecule has 1 heterocycles. The van der Waals surface area contributed by atoms with Crippen molar-refractivity contribution in [3.63, 3.8) is 0 Å². The topological polar surface area (TPSA) is 59.6 Å². The highest BCUT2D eigenvalue weighted by atomic mass is 32.1. The molecule has 0 fully saturated rings. The highest BCUT2D eigenvalue weighted by Crippen LogP contribution is 2.29. The zero-order valence-electron chi connectivity index (χ0n) is 11.5. The number of esters is 1. The maximum Gasteiger partial charge on any atom is 0.337 e. The number of rotatable bonds is 3. The van der Waals surface area contributed by atoms with Gasteiger partial charge in [0, 0.05) is 5.70 Å². The molecule has 1 atom stereocenters. The molecule has 6 heteroatoms. The van der Waals surface area contributed by atoms with E-state index in [0.29, 0.717) is 16.4 Å². The summed E-state index contributed by atoms with van der Waals surface area (Å²) in [6, 6.07) is 7.13. The molecule has 0 aliphatic carbocycles. The van der Waals surface area contributed by atoms with E-state index in [1.165, 1.54) is 7.11 Å². The lowest BCUT2D eigenvalue weighted by molar-refractivity contribution is -0.136. The summed E-state index contributed by atoms with van der Waals surface area (Å²) < 4.78 is 10.1. The molecular weight excluding hydrogens is 276 g/mol. The Balaban J connectivity index is 2.48. The third kappa shape index (κ3) is 2.75. The molecule has 0 bridgehead atoms. The van der Waals surface area contributed by atoms with E-state index in [1.54, 1.807) is 14.0 Å². The van der Waals surface area contributed by atoms with E-state index < -0.39 is 5.97 Å². The Morgan fingerprint density at radius 3 is 2.75 bits per heavy atom. The van der Waals surface area contributed by atoms with Gasteiger partial charge >= 0.3 is 5.97 Å². The summed E-state index contributed by atoms with van der Waals surface area (Å²) in [6.07, 6.45) is 0. The van der Waals surface area contributed by atoms with Crippen molar-refractivity contribution in [3.8, 4) is 5.75 Å². The Morgan fingerprint density at radius 2 is 2.10 bits per heavy atom. The number of hydrogen-bond acceptors (Lipinski definition) is 4. The highest BCUT2D eigenvalue weighted by molar-refractivity contribution is 7.80. The van der Waals surface area contributed by atoms with Gasteiger partial charge in [0.25, 0.3) is 0 Å². The van der Waals surface area contributed by atoms with Crippen LogP contribution in [0.4, 0.5) is 0 Å². The van der Waals surface area contributed by atoms with Gasteiger partial charge in [0.2, 0.25) is 0 Å². The quantitative estimate of drug-likeness (QED) is 0.653. The number of nitrogens with one attached hydrogen (secondary N) is 2. The maximum absolute atomic E-state index is 12.0. The number of ether oxygens (including phenoxy) is 2. The molecule has 2 rings (SSSR count). The van der Waals surface area contributed by atoms with Crippen molar-refractivity contribution in [1.82, 2.24) is 10.6 Å². The van der Waals surface area contributed by atoms with Gasteiger partial charge in [-0.15, -0.1) is 0 Å². The van der Waals surface area contributed by atoms with Gasteiger partial charge in [-0.2, -0.15) is 0 Å². The van der Waals surface area contributed by atoms with Crippen molar-refractivity contribution in [2.75, 3.05) is 14.2 Å². The highest BCUT2D eigenvalue weighted by Gasteiger charge is 2.30. The molecule has 1 aliphatic heterocycles. The molecule has 0 aromatic heterocycles. The van der Waals surface area contributed by atoms with Gasteiger partial charge in [-0.1, -0.05) is 12.1 Å². The van der Waals surface area contributed by atoms with Gasteiger partial charge in [0.05, 0.1) is 25.8 Å². The fraction of sp³-hybridized carbons (Fsp3) is 0.286. The van der Waals surface area contributed by atoms with Crippen LogP contribution >= 0.6 is 12.2 Å². The lowest BCUT2D eigenvalue weighted by Gasteiger charge is -2.29. The minimum Gasteiger partial charge on any atom is -0.497 e. The third-order valence-electron chi connectivity index (χ3n) is 3.10. The average molecular weight is 292 g/mol. The van der Waals surface area contributed by atoms with Gasteiger partial charge in [-0.25, -0.2) is 4.79 Å². The van der Waals surface area contributed by atoms with Crippen molar-refractivity contribution in [3.05, 3.63) is 41.1 Å². The molecule has 0 saturated carbocycles. The first-order valence-corrected chi connectivity index (χ1v) is 6.48. The smallest absolute Gasteiger partial charge is 0.337 e. The molecule has 0 amide bonds. The zero-order valence-corrected chi connectivity index (χ0v) is 12.3. The summed E-state index contributed by atoms with van der Waals surface area (Å²) in [5.74, 6) is 0.327. The fourth-order valence-electron chi connectivity index (χ4n) is 2.15. The Kier molecular flexibility index (Phi) is 4.24.